The number of nitrogens with one attached hydrogen (secondary N) is 1. The van der Waals surface area contributed by atoms with Crippen LogP contribution in [0, 0.1) is 6.92 Å². The third-order valence-corrected chi connectivity index (χ3v) is 4.03. The summed E-state index contributed by atoms with van der Waals surface area (Å²) in [6, 6.07) is 0. The summed E-state index contributed by atoms with van der Waals surface area (Å²) in [5.74, 6) is 0. The van der Waals surface area contributed by atoms with Crippen LogP contribution in [0.5, 0.6) is 0 Å². The molecular weight excluding hydrogens is 369 g/mol. The number of hydrogen-bond donors (Lipinski definition) is 1. The van der Waals surface area contributed by atoms with Crippen LogP contribution in [-0.2, 0) is 13.1 Å². The molecule has 0 bridgehead atoms. The molecule has 3 nitrogen and oxygen atoms in total. The minimum Gasteiger partial charge on any atom is -0.311 e. The highest BCUT2D eigenvalue weighted by Gasteiger charge is 2.10. The Hall–Kier alpha value is 0.380. The Balaban J connectivity index is 2.58. The van der Waals surface area contributed by atoms with Gasteiger partial charge in [0.2, 0.25) is 0 Å². The highest BCUT2D eigenvalue weighted by Crippen LogP contribution is 2.20. The van der Waals surface area contributed by atoms with E-state index in [9.17, 15) is 0 Å². The Kier molecular flexibility index (Phi) is 6.14. The molecule has 0 aromatic carbocycles. The van der Waals surface area contributed by atoms with Crippen molar-refractivity contribution in [2.45, 2.75) is 33.4 Å². The Morgan fingerprint density at radius 3 is 2.87 bits per heavy atom. The standard InChI is InChI=1S/C10H17BrIN3/c1-3-15-9(7-13-6-4-5-12)10(11)8(2)14-15/h13H,3-7H2,1-2H3. The molecule has 1 aromatic rings. The normalized spacial score (nSPS) is 10.9. The molecule has 5 heteroatoms. The van der Waals surface area contributed by atoms with E-state index in [4.69, 9.17) is 0 Å². The second-order valence-electron chi connectivity index (χ2n) is 3.38. The molecule has 0 saturated carbocycles. The summed E-state index contributed by atoms with van der Waals surface area (Å²) < 4.78 is 4.40. The molecule has 0 radical (unpaired) electrons. The van der Waals surface area contributed by atoms with Gasteiger partial charge in [-0.3, -0.25) is 4.68 Å². The van der Waals surface area contributed by atoms with Crippen molar-refractivity contribution < 1.29 is 0 Å². The number of halogens is 2. The Morgan fingerprint density at radius 2 is 2.27 bits per heavy atom. The second kappa shape index (κ2) is 6.85. The summed E-state index contributed by atoms with van der Waals surface area (Å²) in [6.07, 6.45) is 1.22. The van der Waals surface area contributed by atoms with Crippen LogP contribution in [-0.4, -0.2) is 20.8 Å². The monoisotopic (exact) mass is 385 g/mol. The predicted molar refractivity (Wildman–Crippen MR) is 75.5 cm³/mol. The summed E-state index contributed by atoms with van der Waals surface area (Å²) >= 11 is 5.99. The molecule has 0 aliphatic rings. The van der Waals surface area contributed by atoms with Crippen molar-refractivity contribution >= 4 is 38.5 Å². The first-order valence-electron chi connectivity index (χ1n) is 5.19. The first-order valence-corrected chi connectivity index (χ1v) is 7.51. The van der Waals surface area contributed by atoms with E-state index in [0.717, 1.165) is 29.8 Å². The van der Waals surface area contributed by atoms with E-state index in [1.54, 1.807) is 0 Å². The van der Waals surface area contributed by atoms with E-state index in [0.29, 0.717) is 0 Å². The molecule has 1 aromatic heterocycles. The van der Waals surface area contributed by atoms with Gasteiger partial charge in [0.25, 0.3) is 0 Å². The van der Waals surface area contributed by atoms with Gasteiger partial charge in [0.1, 0.15) is 0 Å². The maximum absolute atomic E-state index is 4.46. The first-order chi connectivity index (χ1) is 7.20. The lowest BCUT2D eigenvalue weighted by Gasteiger charge is -2.06. The molecule has 0 amide bonds. The van der Waals surface area contributed by atoms with Crippen LogP contribution in [0.25, 0.3) is 0 Å². The van der Waals surface area contributed by atoms with Crippen LogP contribution in [0.15, 0.2) is 4.47 Å². The van der Waals surface area contributed by atoms with Gasteiger partial charge < -0.3 is 5.32 Å². The van der Waals surface area contributed by atoms with Crippen molar-refractivity contribution in [3.63, 3.8) is 0 Å². The average Bonchev–Trinajstić information content (AvgIpc) is 2.51. The molecule has 1 heterocycles. The van der Waals surface area contributed by atoms with Crippen molar-refractivity contribution in [2.75, 3.05) is 11.0 Å². The van der Waals surface area contributed by atoms with E-state index in [1.165, 1.54) is 16.5 Å². The van der Waals surface area contributed by atoms with Crippen LogP contribution in [0.1, 0.15) is 24.7 Å². The summed E-state index contributed by atoms with van der Waals surface area (Å²) in [6.45, 7) is 7.04. The third kappa shape index (κ3) is 3.71. The number of hydrogen-bond acceptors (Lipinski definition) is 2. The minimum atomic E-state index is 0.895. The number of aromatic nitrogens is 2. The minimum absolute atomic E-state index is 0.895. The second-order valence-corrected chi connectivity index (χ2v) is 5.25. The fourth-order valence-corrected chi connectivity index (χ4v) is 2.24. The summed E-state index contributed by atoms with van der Waals surface area (Å²) in [4.78, 5) is 0. The Labute approximate surface area is 113 Å². The molecule has 0 spiro atoms. The summed E-state index contributed by atoms with van der Waals surface area (Å²) in [5.41, 5.74) is 2.32. The van der Waals surface area contributed by atoms with Crippen LogP contribution < -0.4 is 5.32 Å². The lowest BCUT2D eigenvalue weighted by atomic mass is 10.3. The van der Waals surface area contributed by atoms with E-state index in [2.05, 4.69) is 60.5 Å². The highest BCUT2D eigenvalue weighted by atomic mass is 127. The number of alkyl halides is 1. The molecule has 0 atom stereocenters. The SMILES string of the molecule is CCn1nc(C)c(Br)c1CNCCCI. The van der Waals surface area contributed by atoms with Crippen LogP contribution in [0.3, 0.4) is 0 Å². The zero-order valence-corrected chi connectivity index (χ0v) is 12.9. The fourth-order valence-electron chi connectivity index (χ4n) is 1.44. The van der Waals surface area contributed by atoms with Crippen molar-refractivity contribution in [3.8, 4) is 0 Å². The molecule has 15 heavy (non-hydrogen) atoms. The van der Waals surface area contributed by atoms with Gasteiger partial charge in [0.05, 0.1) is 15.9 Å². The number of nitrogens with zero attached hydrogens (tertiary/aromatic N) is 2. The lowest BCUT2D eigenvalue weighted by molar-refractivity contribution is 0.577. The fraction of sp³-hybridized carbons (Fsp3) is 0.700. The highest BCUT2D eigenvalue weighted by molar-refractivity contribution is 14.1. The maximum atomic E-state index is 4.46. The number of rotatable bonds is 6. The zero-order chi connectivity index (χ0) is 11.3. The number of aryl methyl sites for hydroxylation is 2. The molecule has 0 fully saturated rings. The van der Waals surface area contributed by atoms with E-state index in [1.807, 2.05) is 6.92 Å². The third-order valence-electron chi connectivity index (χ3n) is 2.23. The quantitative estimate of drug-likeness (QED) is 0.463. The maximum Gasteiger partial charge on any atom is 0.0739 e. The predicted octanol–water partition coefficient (Wildman–Crippen LogP) is 2.89. The van der Waals surface area contributed by atoms with Gasteiger partial charge in [-0.25, -0.2) is 0 Å². The Morgan fingerprint density at radius 1 is 1.53 bits per heavy atom. The van der Waals surface area contributed by atoms with Crippen LogP contribution in [0.2, 0.25) is 0 Å². The summed E-state index contributed by atoms with van der Waals surface area (Å²) in [7, 11) is 0. The van der Waals surface area contributed by atoms with Crippen LogP contribution in [0.4, 0.5) is 0 Å². The largest absolute Gasteiger partial charge is 0.311 e. The summed E-state index contributed by atoms with van der Waals surface area (Å²) in [5, 5.41) is 7.89. The van der Waals surface area contributed by atoms with E-state index >= 15 is 0 Å². The first kappa shape index (κ1) is 13.4. The van der Waals surface area contributed by atoms with Gasteiger partial charge in [-0.05, 0) is 42.7 Å². The van der Waals surface area contributed by atoms with Crippen LogP contribution >= 0.6 is 38.5 Å². The molecule has 0 aliphatic heterocycles. The van der Waals surface area contributed by atoms with Gasteiger partial charge >= 0.3 is 0 Å². The van der Waals surface area contributed by atoms with Gasteiger partial charge in [-0.1, -0.05) is 22.6 Å². The van der Waals surface area contributed by atoms with Crippen molar-refractivity contribution in [1.29, 1.82) is 0 Å². The van der Waals surface area contributed by atoms with Gasteiger partial charge in [0.15, 0.2) is 0 Å². The van der Waals surface area contributed by atoms with Crippen molar-refractivity contribution in [3.05, 3.63) is 15.9 Å². The average molecular weight is 386 g/mol. The van der Waals surface area contributed by atoms with Gasteiger partial charge in [-0.15, -0.1) is 0 Å². The molecule has 1 rings (SSSR count). The molecule has 0 saturated heterocycles. The molecule has 0 aliphatic carbocycles. The molecular formula is C10H17BrIN3. The van der Waals surface area contributed by atoms with Crippen molar-refractivity contribution in [1.82, 2.24) is 15.1 Å². The molecule has 1 N–H and O–H groups in total. The zero-order valence-electron chi connectivity index (χ0n) is 9.19. The lowest BCUT2D eigenvalue weighted by Crippen LogP contribution is -2.18. The smallest absolute Gasteiger partial charge is 0.0739 e. The van der Waals surface area contributed by atoms with E-state index < -0.39 is 0 Å². The van der Waals surface area contributed by atoms with E-state index in [-0.39, 0.29) is 0 Å². The molecule has 0 unspecified atom stereocenters. The van der Waals surface area contributed by atoms with Crippen molar-refractivity contribution in [2.24, 2.45) is 0 Å². The topological polar surface area (TPSA) is 29.9 Å². The van der Waals surface area contributed by atoms with Gasteiger partial charge in [-0.2, -0.15) is 5.10 Å². The molecule has 86 valence electrons. The van der Waals surface area contributed by atoms with Gasteiger partial charge in [0, 0.05) is 17.5 Å². The Bertz CT molecular complexity index is 312.